The standard InChI is InChI=1S/C24H19ClFN3O2S/c1-13-4-7-19(12-21(13)25)29-23(31)20(22(30)27-24(29)32)11-16-10-14(2)28(15(16)3)18-8-5-17(26)6-9-18/h4-12H,1-3H3,(H,27,30,32)/b20-11+. The molecule has 32 heavy (non-hydrogen) atoms. The van der Waals surface area contributed by atoms with E-state index in [9.17, 15) is 14.0 Å². The molecule has 4 rings (SSSR count). The Morgan fingerprint density at radius 2 is 1.66 bits per heavy atom. The summed E-state index contributed by atoms with van der Waals surface area (Å²) < 4.78 is 15.3. The van der Waals surface area contributed by atoms with Crippen LogP contribution < -0.4 is 10.2 Å². The third-order valence-corrected chi connectivity index (χ3v) is 6.06. The predicted octanol–water partition coefficient (Wildman–Crippen LogP) is 5.03. The Morgan fingerprint density at radius 3 is 2.31 bits per heavy atom. The van der Waals surface area contributed by atoms with E-state index in [1.54, 1.807) is 36.4 Å². The lowest BCUT2D eigenvalue weighted by Crippen LogP contribution is -2.54. The zero-order chi connectivity index (χ0) is 23.2. The lowest BCUT2D eigenvalue weighted by molar-refractivity contribution is -0.122. The molecule has 3 aromatic rings. The summed E-state index contributed by atoms with van der Waals surface area (Å²) in [5, 5.41) is 3.06. The van der Waals surface area contributed by atoms with Crippen LogP contribution in [0.1, 0.15) is 22.5 Å². The molecule has 0 spiro atoms. The van der Waals surface area contributed by atoms with E-state index < -0.39 is 11.8 Å². The van der Waals surface area contributed by atoms with Gasteiger partial charge in [-0.15, -0.1) is 0 Å². The highest BCUT2D eigenvalue weighted by molar-refractivity contribution is 7.80. The first-order valence-electron chi connectivity index (χ1n) is 9.80. The van der Waals surface area contributed by atoms with Crippen LogP contribution in [0.2, 0.25) is 5.02 Å². The van der Waals surface area contributed by atoms with Gasteiger partial charge in [0, 0.05) is 22.1 Å². The molecule has 0 unspecified atom stereocenters. The fourth-order valence-electron chi connectivity index (χ4n) is 3.69. The van der Waals surface area contributed by atoms with Crippen LogP contribution in [-0.2, 0) is 9.59 Å². The smallest absolute Gasteiger partial charge is 0.270 e. The molecular formula is C24H19ClFN3O2S. The summed E-state index contributed by atoms with van der Waals surface area (Å²) in [6.45, 7) is 5.62. The van der Waals surface area contributed by atoms with Crippen LogP contribution in [0, 0.1) is 26.6 Å². The van der Waals surface area contributed by atoms with Gasteiger partial charge in [-0.05, 0) is 92.7 Å². The van der Waals surface area contributed by atoms with Gasteiger partial charge in [-0.1, -0.05) is 17.7 Å². The van der Waals surface area contributed by atoms with Crippen molar-refractivity contribution in [1.29, 1.82) is 0 Å². The van der Waals surface area contributed by atoms with E-state index >= 15 is 0 Å². The molecule has 2 amide bonds. The van der Waals surface area contributed by atoms with E-state index in [2.05, 4.69) is 5.32 Å². The maximum absolute atomic E-state index is 13.3. The largest absolute Gasteiger partial charge is 0.318 e. The zero-order valence-electron chi connectivity index (χ0n) is 17.6. The number of aromatic nitrogens is 1. The summed E-state index contributed by atoms with van der Waals surface area (Å²) in [6, 6.07) is 13.1. The van der Waals surface area contributed by atoms with Crippen molar-refractivity contribution in [1.82, 2.24) is 9.88 Å². The molecule has 1 aliphatic heterocycles. The maximum Gasteiger partial charge on any atom is 0.270 e. The van der Waals surface area contributed by atoms with Gasteiger partial charge in [-0.3, -0.25) is 19.8 Å². The molecule has 0 radical (unpaired) electrons. The number of aryl methyl sites for hydroxylation is 2. The van der Waals surface area contributed by atoms with Gasteiger partial charge in [-0.2, -0.15) is 0 Å². The van der Waals surface area contributed by atoms with Crippen LogP contribution in [0.4, 0.5) is 10.1 Å². The Hall–Kier alpha value is -3.29. The summed E-state index contributed by atoms with van der Waals surface area (Å²) in [6.07, 6.45) is 1.55. The van der Waals surface area contributed by atoms with Crippen molar-refractivity contribution in [3.05, 3.63) is 87.5 Å². The number of nitrogens with zero attached hydrogens (tertiary/aromatic N) is 2. The van der Waals surface area contributed by atoms with Crippen molar-refractivity contribution >= 4 is 52.5 Å². The second-order valence-corrected chi connectivity index (χ2v) is 8.32. The SMILES string of the molecule is Cc1ccc(N2C(=O)/C(=C/c3cc(C)n(-c4ccc(F)cc4)c3C)C(=O)NC2=S)cc1Cl. The van der Waals surface area contributed by atoms with Gasteiger partial charge in [0.15, 0.2) is 5.11 Å². The van der Waals surface area contributed by atoms with Crippen LogP contribution >= 0.6 is 23.8 Å². The Morgan fingerprint density at radius 1 is 1.00 bits per heavy atom. The Labute approximate surface area is 195 Å². The average Bonchev–Trinajstić information content (AvgIpc) is 3.01. The number of rotatable bonds is 3. The number of hydrogen-bond donors (Lipinski definition) is 1. The highest BCUT2D eigenvalue weighted by Gasteiger charge is 2.35. The molecule has 1 N–H and O–H groups in total. The van der Waals surface area contributed by atoms with Gasteiger partial charge >= 0.3 is 0 Å². The molecule has 0 aliphatic carbocycles. The van der Waals surface area contributed by atoms with Gasteiger partial charge in [0.05, 0.1) is 5.69 Å². The molecular weight excluding hydrogens is 449 g/mol. The number of carbonyl (C=O) groups excluding carboxylic acids is 2. The van der Waals surface area contributed by atoms with E-state index in [-0.39, 0.29) is 16.5 Å². The Balaban J connectivity index is 1.76. The third kappa shape index (κ3) is 3.85. The van der Waals surface area contributed by atoms with Gasteiger partial charge in [0.25, 0.3) is 11.8 Å². The second kappa shape index (κ2) is 8.33. The molecule has 0 saturated carbocycles. The molecule has 1 aromatic heterocycles. The summed E-state index contributed by atoms with van der Waals surface area (Å²) >= 11 is 11.5. The number of amides is 2. The van der Waals surface area contributed by atoms with Gasteiger partial charge in [0.2, 0.25) is 0 Å². The van der Waals surface area contributed by atoms with Gasteiger partial charge in [-0.25, -0.2) is 4.39 Å². The first kappa shape index (κ1) is 21.9. The minimum Gasteiger partial charge on any atom is -0.318 e. The number of anilines is 1. The number of thiocarbonyl (C=S) groups is 1. The van der Waals surface area contributed by atoms with Crippen LogP contribution in [0.5, 0.6) is 0 Å². The molecule has 0 atom stereocenters. The third-order valence-electron chi connectivity index (χ3n) is 5.37. The van der Waals surface area contributed by atoms with Crippen molar-refractivity contribution in [2.24, 2.45) is 0 Å². The second-order valence-electron chi connectivity index (χ2n) is 7.53. The Bertz CT molecular complexity index is 1310. The summed E-state index contributed by atoms with van der Waals surface area (Å²) in [4.78, 5) is 27.2. The zero-order valence-corrected chi connectivity index (χ0v) is 19.1. The van der Waals surface area contributed by atoms with Crippen LogP contribution in [0.25, 0.3) is 11.8 Å². The highest BCUT2D eigenvalue weighted by Crippen LogP contribution is 2.28. The van der Waals surface area contributed by atoms with Crippen LogP contribution in [-0.4, -0.2) is 21.5 Å². The summed E-state index contributed by atoms with van der Waals surface area (Å²) in [5.74, 6) is -1.43. The number of nitrogens with one attached hydrogen (secondary N) is 1. The topological polar surface area (TPSA) is 54.3 Å². The van der Waals surface area contributed by atoms with E-state index in [1.165, 1.54) is 17.0 Å². The lowest BCUT2D eigenvalue weighted by Gasteiger charge is -2.29. The van der Waals surface area contributed by atoms with Crippen LogP contribution in [0.15, 0.2) is 54.1 Å². The first-order chi connectivity index (χ1) is 15.2. The van der Waals surface area contributed by atoms with Crippen molar-refractivity contribution in [2.45, 2.75) is 20.8 Å². The fourth-order valence-corrected chi connectivity index (χ4v) is 4.15. The minimum atomic E-state index is -0.568. The molecule has 0 bridgehead atoms. The highest BCUT2D eigenvalue weighted by atomic mass is 35.5. The maximum atomic E-state index is 13.3. The molecule has 162 valence electrons. The van der Waals surface area contributed by atoms with Crippen molar-refractivity contribution in [3.63, 3.8) is 0 Å². The fraction of sp³-hybridized carbons (Fsp3) is 0.125. The predicted molar refractivity (Wildman–Crippen MR) is 128 cm³/mol. The first-order valence-corrected chi connectivity index (χ1v) is 10.6. The van der Waals surface area contributed by atoms with Crippen LogP contribution in [0.3, 0.4) is 0 Å². The minimum absolute atomic E-state index is 0.00569. The summed E-state index contributed by atoms with van der Waals surface area (Å²) in [5.41, 5.74) is 4.44. The quantitative estimate of drug-likeness (QED) is 0.334. The van der Waals surface area contributed by atoms with Gasteiger partial charge in [0.1, 0.15) is 11.4 Å². The molecule has 8 heteroatoms. The van der Waals surface area contributed by atoms with E-state index in [0.29, 0.717) is 16.3 Å². The van der Waals surface area contributed by atoms with E-state index in [0.717, 1.165) is 22.6 Å². The normalized spacial score (nSPS) is 15.5. The van der Waals surface area contributed by atoms with Crippen molar-refractivity contribution < 1.29 is 14.0 Å². The summed E-state index contributed by atoms with van der Waals surface area (Å²) in [7, 11) is 0. The molecule has 2 aromatic carbocycles. The van der Waals surface area contributed by atoms with Crippen molar-refractivity contribution in [3.8, 4) is 5.69 Å². The lowest BCUT2D eigenvalue weighted by atomic mass is 10.1. The molecule has 1 aliphatic rings. The number of benzene rings is 2. The molecule has 5 nitrogen and oxygen atoms in total. The molecule has 1 fully saturated rings. The Kier molecular flexibility index (Phi) is 5.71. The molecule has 1 saturated heterocycles. The molecule has 2 heterocycles. The van der Waals surface area contributed by atoms with E-state index in [4.69, 9.17) is 23.8 Å². The van der Waals surface area contributed by atoms with E-state index in [1.807, 2.05) is 31.4 Å². The number of carbonyl (C=O) groups is 2. The number of halogens is 2. The average molecular weight is 468 g/mol. The van der Waals surface area contributed by atoms with Gasteiger partial charge < -0.3 is 4.57 Å². The monoisotopic (exact) mass is 467 g/mol. The van der Waals surface area contributed by atoms with Crippen molar-refractivity contribution in [2.75, 3.05) is 4.90 Å². The number of hydrogen-bond acceptors (Lipinski definition) is 3.